The Morgan fingerprint density at radius 3 is 2.03 bits per heavy atom. The van der Waals surface area contributed by atoms with Crippen LogP contribution < -0.4 is 9.47 Å². The van der Waals surface area contributed by atoms with E-state index in [9.17, 15) is 0 Å². The van der Waals surface area contributed by atoms with Gasteiger partial charge in [0.05, 0.1) is 25.6 Å². The van der Waals surface area contributed by atoms with Crippen LogP contribution in [0, 0.1) is 11.8 Å². The van der Waals surface area contributed by atoms with E-state index in [1.165, 1.54) is 51.4 Å². The first-order valence-electron chi connectivity index (χ1n) is 12.8. The molecule has 0 aliphatic carbocycles. The summed E-state index contributed by atoms with van der Waals surface area (Å²) in [4.78, 5) is 8.93. The van der Waals surface area contributed by atoms with Crippen LogP contribution in [0.4, 0.5) is 0 Å². The lowest BCUT2D eigenvalue weighted by atomic mass is 9.98. The molecule has 0 spiro atoms. The minimum absolute atomic E-state index is 0.710. The fraction of sp³-hybridized carbons (Fsp3) is 0.643. The van der Waals surface area contributed by atoms with Crippen LogP contribution in [-0.2, 0) is 0 Å². The standard InChI is InChI=1S/C28H44N2O2/c1-5-6-7-8-9-10-19-31-27-21-29-28(30-22-27)25-14-16-26(17-15-25)32-20-18-24(4)13-11-12-23(2)3/h14-17,21-24H,5-13,18-20H2,1-4H3/t24-/m1/s1. The second-order valence-corrected chi connectivity index (χ2v) is 9.45. The van der Waals surface area contributed by atoms with E-state index < -0.39 is 0 Å². The molecular formula is C28H44N2O2. The molecule has 0 amide bonds. The topological polar surface area (TPSA) is 44.2 Å². The minimum Gasteiger partial charge on any atom is -0.494 e. The summed E-state index contributed by atoms with van der Waals surface area (Å²) in [7, 11) is 0. The highest BCUT2D eigenvalue weighted by molar-refractivity contribution is 5.56. The van der Waals surface area contributed by atoms with Gasteiger partial charge in [0, 0.05) is 5.56 Å². The van der Waals surface area contributed by atoms with E-state index in [0.717, 1.165) is 49.0 Å². The lowest BCUT2D eigenvalue weighted by Crippen LogP contribution is -2.04. The van der Waals surface area contributed by atoms with Gasteiger partial charge in [0.25, 0.3) is 0 Å². The van der Waals surface area contributed by atoms with Crippen molar-refractivity contribution in [3.8, 4) is 22.9 Å². The van der Waals surface area contributed by atoms with E-state index in [1.807, 2.05) is 24.3 Å². The van der Waals surface area contributed by atoms with Gasteiger partial charge in [-0.1, -0.05) is 79.1 Å². The molecule has 1 aromatic heterocycles. The van der Waals surface area contributed by atoms with E-state index >= 15 is 0 Å². The number of hydrogen-bond acceptors (Lipinski definition) is 4. The van der Waals surface area contributed by atoms with Gasteiger partial charge in [-0.25, -0.2) is 9.97 Å². The highest BCUT2D eigenvalue weighted by Crippen LogP contribution is 2.21. The summed E-state index contributed by atoms with van der Waals surface area (Å²) >= 11 is 0. The highest BCUT2D eigenvalue weighted by atomic mass is 16.5. The molecule has 0 bridgehead atoms. The van der Waals surface area contributed by atoms with E-state index in [2.05, 4.69) is 37.7 Å². The molecule has 1 aromatic carbocycles. The molecule has 32 heavy (non-hydrogen) atoms. The molecule has 0 aliphatic heterocycles. The molecule has 0 unspecified atom stereocenters. The molecule has 4 nitrogen and oxygen atoms in total. The van der Waals surface area contributed by atoms with Crippen molar-refractivity contribution < 1.29 is 9.47 Å². The van der Waals surface area contributed by atoms with Gasteiger partial charge in [-0.2, -0.15) is 0 Å². The zero-order valence-corrected chi connectivity index (χ0v) is 20.8. The molecule has 2 aromatic rings. The normalized spacial score (nSPS) is 12.2. The Morgan fingerprint density at radius 1 is 0.688 bits per heavy atom. The first-order chi connectivity index (χ1) is 15.6. The molecule has 0 fully saturated rings. The molecule has 178 valence electrons. The second kappa shape index (κ2) is 15.7. The van der Waals surface area contributed by atoms with Gasteiger partial charge >= 0.3 is 0 Å². The fourth-order valence-electron chi connectivity index (χ4n) is 3.71. The summed E-state index contributed by atoms with van der Waals surface area (Å²) in [6, 6.07) is 8.05. The molecule has 1 atom stereocenters. The summed E-state index contributed by atoms with van der Waals surface area (Å²) < 4.78 is 11.7. The van der Waals surface area contributed by atoms with Crippen molar-refractivity contribution in [2.45, 2.75) is 91.9 Å². The first-order valence-corrected chi connectivity index (χ1v) is 12.8. The summed E-state index contributed by atoms with van der Waals surface area (Å²) in [5.74, 6) is 3.87. The molecular weight excluding hydrogens is 396 g/mol. The fourth-order valence-corrected chi connectivity index (χ4v) is 3.71. The maximum atomic E-state index is 5.94. The van der Waals surface area contributed by atoms with E-state index in [4.69, 9.17) is 9.47 Å². The van der Waals surface area contributed by atoms with Crippen LogP contribution in [0.1, 0.15) is 91.9 Å². The van der Waals surface area contributed by atoms with Gasteiger partial charge in [-0.3, -0.25) is 0 Å². The number of aromatic nitrogens is 2. The Kier molecular flexibility index (Phi) is 12.8. The molecule has 0 radical (unpaired) electrons. The Balaban J connectivity index is 1.67. The molecule has 0 N–H and O–H groups in total. The third-order valence-corrected chi connectivity index (χ3v) is 5.87. The third-order valence-electron chi connectivity index (χ3n) is 5.87. The van der Waals surface area contributed by atoms with Crippen LogP contribution in [0.25, 0.3) is 11.4 Å². The van der Waals surface area contributed by atoms with Crippen LogP contribution in [0.3, 0.4) is 0 Å². The Labute approximate surface area is 196 Å². The number of rotatable bonds is 17. The molecule has 0 saturated heterocycles. The summed E-state index contributed by atoms with van der Waals surface area (Å²) in [5.41, 5.74) is 0.988. The Hall–Kier alpha value is -2.10. The van der Waals surface area contributed by atoms with Gasteiger partial charge in [-0.05, 0) is 48.9 Å². The quantitative estimate of drug-likeness (QED) is 0.233. The number of ether oxygens (including phenoxy) is 2. The van der Waals surface area contributed by atoms with Crippen LogP contribution >= 0.6 is 0 Å². The van der Waals surface area contributed by atoms with Crippen molar-refractivity contribution in [2.24, 2.45) is 11.8 Å². The average Bonchev–Trinajstić information content (AvgIpc) is 2.79. The van der Waals surface area contributed by atoms with Gasteiger partial charge in [0.1, 0.15) is 5.75 Å². The number of benzene rings is 1. The van der Waals surface area contributed by atoms with Crippen LogP contribution in [0.5, 0.6) is 11.5 Å². The third kappa shape index (κ3) is 11.0. The molecule has 4 heteroatoms. The minimum atomic E-state index is 0.710. The van der Waals surface area contributed by atoms with Gasteiger partial charge < -0.3 is 9.47 Å². The molecule has 0 aliphatic rings. The molecule has 2 rings (SSSR count). The van der Waals surface area contributed by atoms with Gasteiger partial charge in [0.2, 0.25) is 0 Å². The molecule has 0 saturated carbocycles. The predicted octanol–water partition coefficient (Wildman–Crippen LogP) is 8.11. The molecule has 1 heterocycles. The zero-order valence-electron chi connectivity index (χ0n) is 20.8. The van der Waals surface area contributed by atoms with Crippen molar-refractivity contribution in [3.05, 3.63) is 36.7 Å². The van der Waals surface area contributed by atoms with Crippen molar-refractivity contribution in [3.63, 3.8) is 0 Å². The maximum Gasteiger partial charge on any atom is 0.159 e. The zero-order chi connectivity index (χ0) is 23.0. The van der Waals surface area contributed by atoms with Crippen LogP contribution in [0.2, 0.25) is 0 Å². The Bertz CT molecular complexity index is 713. The number of hydrogen-bond donors (Lipinski definition) is 0. The summed E-state index contributed by atoms with van der Waals surface area (Å²) in [5, 5.41) is 0. The first kappa shape index (κ1) is 26.2. The van der Waals surface area contributed by atoms with Crippen LogP contribution in [-0.4, -0.2) is 23.2 Å². The number of unbranched alkanes of at least 4 members (excludes halogenated alkanes) is 5. The van der Waals surface area contributed by atoms with Crippen LogP contribution in [0.15, 0.2) is 36.7 Å². The monoisotopic (exact) mass is 440 g/mol. The van der Waals surface area contributed by atoms with Crippen molar-refractivity contribution in [2.75, 3.05) is 13.2 Å². The maximum absolute atomic E-state index is 5.94. The average molecular weight is 441 g/mol. The Morgan fingerprint density at radius 2 is 1.34 bits per heavy atom. The summed E-state index contributed by atoms with van der Waals surface area (Å²) in [6.07, 6.45) is 16.1. The van der Waals surface area contributed by atoms with E-state index in [0.29, 0.717) is 11.7 Å². The van der Waals surface area contributed by atoms with Crippen molar-refractivity contribution >= 4 is 0 Å². The SMILES string of the molecule is CCCCCCCCOc1cnc(-c2ccc(OCC[C@H](C)CCCC(C)C)cc2)nc1. The smallest absolute Gasteiger partial charge is 0.159 e. The van der Waals surface area contributed by atoms with Gasteiger partial charge in [-0.15, -0.1) is 0 Å². The van der Waals surface area contributed by atoms with Crippen molar-refractivity contribution in [1.82, 2.24) is 9.97 Å². The largest absolute Gasteiger partial charge is 0.494 e. The highest BCUT2D eigenvalue weighted by Gasteiger charge is 2.06. The second-order valence-electron chi connectivity index (χ2n) is 9.45. The predicted molar refractivity (Wildman–Crippen MR) is 134 cm³/mol. The van der Waals surface area contributed by atoms with E-state index in [-0.39, 0.29) is 0 Å². The number of nitrogens with zero attached hydrogens (tertiary/aromatic N) is 2. The van der Waals surface area contributed by atoms with Crippen molar-refractivity contribution in [1.29, 1.82) is 0 Å². The lowest BCUT2D eigenvalue weighted by molar-refractivity contribution is 0.276. The summed E-state index contributed by atoms with van der Waals surface area (Å²) in [6.45, 7) is 10.7. The van der Waals surface area contributed by atoms with Gasteiger partial charge in [0.15, 0.2) is 11.6 Å². The lowest BCUT2D eigenvalue weighted by Gasteiger charge is -2.13. The van der Waals surface area contributed by atoms with E-state index in [1.54, 1.807) is 12.4 Å².